The van der Waals surface area contributed by atoms with Gasteiger partial charge in [-0.1, -0.05) is 0 Å². The van der Waals surface area contributed by atoms with Crippen molar-refractivity contribution in [1.82, 2.24) is 10.3 Å². The van der Waals surface area contributed by atoms with Crippen molar-refractivity contribution in [2.45, 2.75) is 6.92 Å². The molecule has 17 heavy (non-hydrogen) atoms. The highest BCUT2D eigenvalue weighted by Gasteiger charge is 2.06. The van der Waals surface area contributed by atoms with Gasteiger partial charge >= 0.3 is 5.97 Å². The summed E-state index contributed by atoms with van der Waals surface area (Å²) in [5, 5.41) is 5.71. The predicted octanol–water partition coefficient (Wildman–Crippen LogP) is 0.416. The van der Waals surface area contributed by atoms with Crippen LogP contribution in [-0.2, 0) is 9.53 Å². The Morgan fingerprint density at radius 1 is 1.41 bits per heavy atom. The van der Waals surface area contributed by atoms with Gasteiger partial charge < -0.3 is 15.4 Å². The number of methoxy groups -OCH3 is 1. The van der Waals surface area contributed by atoms with Gasteiger partial charge in [0.15, 0.2) is 0 Å². The molecule has 0 aliphatic carbocycles. The molecule has 0 aromatic carbocycles. The van der Waals surface area contributed by atoms with Crippen LogP contribution in [-0.4, -0.2) is 37.1 Å². The van der Waals surface area contributed by atoms with Gasteiger partial charge in [0, 0.05) is 31.9 Å². The Hall–Kier alpha value is -2.11. The number of nitrogens with one attached hydrogen (secondary N) is 2. The molecule has 1 aromatic heterocycles. The molecule has 1 rings (SSSR count). The molecule has 92 valence electrons. The van der Waals surface area contributed by atoms with Crippen molar-refractivity contribution in [1.29, 1.82) is 0 Å². The van der Waals surface area contributed by atoms with Crippen LogP contribution in [0.2, 0.25) is 0 Å². The second-order valence-electron chi connectivity index (χ2n) is 3.33. The number of pyridine rings is 1. The molecule has 1 amide bonds. The van der Waals surface area contributed by atoms with Crippen LogP contribution in [0.3, 0.4) is 0 Å². The summed E-state index contributed by atoms with van der Waals surface area (Å²) in [5.74, 6) is -0.549. The average molecular weight is 237 g/mol. The lowest BCUT2D eigenvalue weighted by Crippen LogP contribution is -2.26. The van der Waals surface area contributed by atoms with Crippen LogP contribution in [0.25, 0.3) is 0 Å². The van der Waals surface area contributed by atoms with Gasteiger partial charge in [0.2, 0.25) is 5.91 Å². The number of aromatic nitrogens is 1. The lowest BCUT2D eigenvalue weighted by Gasteiger charge is -2.07. The number of hydrogen-bond donors (Lipinski definition) is 2. The highest BCUT2D eigenvalue weighted by atomic mass is 16.5. The van der Waals surface area contributed by atoms with Crippen LogP contribution in [0, 0.1) is 0 Å². The predicted molar refractivity (Wildman–Crippen MR) is 62.7 cm³/mol. The number of carbonyl (C=O) groups is 2. The molecule has 1 aromatic rings. The third-order valence-corrected chi connectivity index (χ3v) is 1.98. The summed E-state index contributed by atoms with van der Waals surface area (Å²) in [6, 6.07) is 3.33. The highest BCUT2D eigenvalue weighted by molar-refractivity contribution is 5.88. The highest BCUT2D eigenvalue weighted by Crippen LogP contribution is 2.08. The Kier molecular flexibility index (Phi) is 4.93. The normalized spacial score (nSPS) is 9.53. The van der Waals surface area contributed by atoms with Crippen molar-refractivity contribution >= 4 is 17.6 Å². The van der Waals surface area contributed by atoms with E-state index in [4.69, 9.17) is 0 Å². The minimum Gasteiger partial charge on any atom is -0.464 e. The molecule has 0 unspecified atom stereocenters. The molecule has 0 bridgehead atoms. The Labute approximate surface area is 99.4 Å². The van der Waals surface area contributed by atoms with E-state index in [-0.39, 0.29) is 11.6 Å². The van der Waals surface area contributed by atoms with E-state index in [2.05, 4.69) is 20.4 Å². The maximum absolute atomic E-state index is 11.2. The first-order valence-electron chi connectivity index (χ1n) is 5.16. The van der Waals surface area contributed by atoms with Gasteiger partial charge in [-0.05, 0) is 12.1 Å². The second kappa shape index (κ2) is 6.47. The summed E-state index contributed by atoms with van der Waals surface area (Å²) in [6.45, 7) is 2.55. The maximum atomic E-state index is 11.2. The summed E-state index contributed by atoms with van der Waals surface area (Å²) in [4.78, 5) is 25.7. The molecule has 0 saturated heterocycles. The number of nitrogens with zero attached hydrogens (tertiary/aromatic N) is 1. The van der Waals surface area contributed by atoms with Crippen molar-refractivity contribution in [3.05, 3.63) is 24.0 Å². The van der Waals surface area contributed by atoms with Crippen LogP contribution >= 0.6 is 0 Å². The first kappa shape index (κ1) is 13.0. The van der Waals surface area contributed by atoms with Gasteiger partial charge in [0.05, 0.1) is 7.11 Å². The first-order chi connectivity index (χ1) is 8.13. The summed E-state index contributed by atoms with van der Waals surface area (Å²) in [7, 11) is 1.31. The maximum Gasteiger partial charge on any atom is 0.356 e. The summed E-state index contributed by atoms with van der Waals surface area (Å²) >= 11 is 0. The molecule has 0 aliphatic rings. The van der Waals surface area contributed by atoms with Crippen molar-refractivity contribution in [3.8, 4) is 0 Å². The molecule has 0 atom stereocenters. The molecular formula is C11H15N3O3. The number of carbonyl (C=O) groups excluding carboxylic acids is 2. The van der Waals surface area contributed by atoms with E-state index in [0.717, 1.165) is 5.69 Å². The van der Waals surface area contributed by atoms with Crippen molar-refractivity contribution in [2.24, 2.45) is 0 Å². The van der Waals surface area contributed by atoms with Crippen molar-refractivity contribution < 1.29 is 14.3 Å². The zero-order valence-corrected chi connectivity index (χ0v) is 9.82. The van der Waals surface area contributed by atoms with Gasteiger partial charge in [0.25, 0.3) is 0 Å². The Morgan fingerprint density at radius 3 is 2.82 bits per heavy atom. The number of amides is 1. The van der Waals surface area contributed by atoms with Crippen molar-refractivity contribution in [3.63, 3.8) is 0 Å². The molecule has 6 nitrogen and oxygen atoms in total. The molecule has 0 radical (unpaired) electrons. The SMILES string of the molecule is COC(=O)c1cc(NCCNC(C)=O)ccn1. The first-order valence-corrected chi connectivity index (χ1v) is 5.16. The van der Waals surface area contributed by atoms with E-state index < -0.39 is 5.97 Å². The van der Waals surface area contributed by atoms with E-state index in [9.17, 15) is 9.59 Å². The van der Waals surface area contributed by atoms with Gasteiger partial charge in [-0.25, -0.2) is 9.78 Å². The zero-order chi connectivity index (χ0) is 12.7. The molecule has 1 heterocycles. The smallest absolute Gasteiger partial charge is 0.356 e. The fourth-order valence-electron chi connectivity index (χ4n) is 1.20. The Balaban J connectivity index is 2.48. The van der Waals surface area contributed by atoms with E-state index in [1.807, 2.05) is 0 Å². The number of hydrogen-bond acceptors (Lipinski definition) is 5. The van der Waals surface area contributed by atoms with E-state index in [1.165, 1.54) is 20.2 Å². The molecule has 0 saturated carbocycles. The number of anilines is 1. The van der Waals surface area contributed by atoms with Crippen LogP contribution in [0.15, 0.2) is 18.3 Å². The summed E-state index contributed by atoms with van der Waals surface area (Å²) in [6.07, 6.45) is 1.52. The minimum atomic E-state index is -0.476. The van der Waals surface area contributed by atoms with E-state index >= 15 is 0 Å². The monoisotopic (exact) mass is 237 g/mol. The molecule has 6 heteroatoms. The standard InChI is InChI=1S/C11H15N3O3/c1-8(15)12-5-6-13-9-3-4-14-10(7-9)11(16)17-2/h3-4,7H,5-6H2,1-2H3,(H,12,15)(H,13,14). The molecule has 0 fully saturated rings. The van der Waals surface area contributed by atoms with Crippen LogP contribution in [0.5, 0.6) is 0 Å². The van der Waals surface area contributed by atoms with Gasteiger partial charge in [-0.15, -0.1) is 0 Å². The third kappa shape index (κ3) is 4.50. The number of ether oxygens (including phenoxy) is 1. The van der Waals surface area contributed by atoms with Crippen LogP contribution < -0.4 is 10.6 Å². The van der Waals surface area contributed by atoms with Crippen LogP contribution in [0.1, 0.15) is 17.4 Å². The lowest BCUT2D eigenvalue weighted by atomic mass is 10.3. The van der Waals surface area contributed by atoms with Gasteiger partial charge in [-0.2, -0.15) is 0 Å². The molecular weight excluding hydrogens is 222 g/mol. The quantitative estimate of drug-likeness (QED) is 0.573. The number of esters is 1. The fraction of sp³-hybridized carbons (Fsp3) is 0.364. The Morgan fingerprint density at radius 2 is 2.18 bits per heavy atom. The fourth-order valence-corrected chi connectivity index (χ4v) is 1.20. The lowest BCUT2D eigenvalue weighted by molar-refractivity contribution is -0.118. The second-order valence-corrected chi connectivity index (χ2v) is 3.33. The minimum absolute atomic E-state index is 0.0724. The molecule has 0 spiro atoms. The summed E-state index contributed by atoms with van der Waals surface area (Å²) < 4.78 is 4.56. The molecule has 2 N–H and O–H groups in total. The topological polar surface area (TPSA) is 80.3 Å². The van der Waals surface area contributed by atoms with Gasteiger partial charge in [0.1, 0.15) is 5.69 Å². The van der Waals surface area contributed by atoms with Gasteiger partial charge in [-0.3, -0.25) is 4.79 Å². The zero-order valence-electron chi connectivity index (χ0n) is 9.82. The number of rotatable bonds is 5. The third-order valence-electron chi connectivity index (χ3n) is 1.98. The van der Waals surface area contributed by atoms with Crippen molar-refractivity contribution in [2.75, 3.05) is 25.5 Å². The summed E-state index contributed by atoms with van der Waals surface area (Å²) in [5.41, 5.74) is 1.00. The average Bonchev–Trinajstić information content (AvgIpc) is 2.34. The van der Waals surface area contributed by atoms with E-state index in [0.29, 0.717) is 13.1 Å². The molecule has 0 aliphatic heterocycles. The largest absolute Gasteiger partial charge is 0.464 e. The van der Waals surface area contributed by atoms with E-state index in [1.54, 1.807) is 12.1 Å². The Bertz CT molecular complexity index is 407. The van der Waals surface area contributed by atoms with Crippen LogP contribution in [0.4, 0.5) is 5.69 Å².